The van der Waals surface area contributed by atoms with Crippen molar-refractivity contribution in [1.29, 1.82) is 0 Å². The zero-order valence-electron chi connectivity index (χ0n) is 16.2. The Bertz CT molecular complexity index is 1330. The lowest BCUT2D eigenvalue weighted by molar-refractivity contribution is 0.0714. The molecule has 3 heterocycles. The number of hydrogen-bond donors (Lipinski definition) is 1. The van der Waals surface area contributed by atoms with E-state index in [1.165, 1.54) is 0 Å². The van der Waals surface area contributed by atoms with Gasteiger partial charge in [-0.2, -0.15) is 0 Å². The van der Waals surface area contributed by atoms with Crippen LogP contribution in [-0.4, -0.2) is 20.9 Å². The van der Waals surface area contributed by atoms with Crippen molar-refractivity contribution in [3.8, 4) is 5.75 Å². The molecule has 0 radical (unpaired) electrons. The SMILES string of the molecule is Cc1ccc2oc3c(c(=O)c2c1)[C@@H](c1ccc(O)cc1)N(Cc1cccnc1)C3=O. The van der Waals surface area contributed by atoms with E-state index in [9.17, 15) is 14.7 Å². The van der Waals surface area contributed by atoms with Gasteiger partial charge in [-0.15, -0.1) is 0 Å². The van der Waals surface area contributed by atoms with E-state index in [1.54, 1.807) is 59.8 Å². The summed E-state index contributed by atoms with van der Waals surface area (Å²) in [6, 6.07) is 15.0. The molecule has 0 unspecified atom stereocenters. The summed E-state index contributed by atoms with van der Waals surface area (Å²) >= 11 is 0. The van der Waals surface area contributed by atoms with E-state index in [0.29, 0.717) is 16.5 Å². The van der Waals surface area contributed by atoms with Crippen molar-refractivity contribution in [2.45, 2.75) is 19.5 Å². The Morgan fingerprint density at radius 1 is 1.10 bits per heavy atom. The standard InChI is InChI=1S/C24H18N2O4/c1-14-4-9-19-18(11-14)22(28)20-21(16-5-7-17(27)8-6-16)26(24(29)23(20)30-19)13-15-3-2-10-25-12-15/h2-12,21,27H,13H2,1H3/t21-/m1/s1. The monoisotopic (exact) mass is 398 g/mol. The predicted molar refractivity (Wildman–Crippen MR) is 111 cm³/mol. The number of nitrogens with zero attached hydrogens (tertiary/aromatic N) is 2. The van der Waals surface area contributed by atoms with Gasteiger partial charge in [0.25, 0.3) is 5.91 Å². The lowest BCUT2D eigenvalue weighted by Gasteiger charge is -2.25. The maximum absolute atomic E-state index is 13.5. The summed E-state index contributed by atoms with van der Waals surface area (Å²) in [5, 5.41) is 10.2. The molecular formula is C24H18N2O4. The Kier molecular flexibility index (Phi) is 4.13. The van der Waals surface area contributed by atoms with Crippen molar-refractivity contribution < 1.29 is 14.3 Å². The molecule has 0 saturated heterocycles. The fraction of sp³-hybridized carbons (Fsp3) is 0.125. The van der Waals surface area contributed by atoms with E-state index in [4.69, 9.17) is 4.42 Å². The molecule has 0 fully saturated rings. The first-order valence-electron chi connectivity index (χ1n) is 9.59. The van der Waals surface area contributed by atoms with Gasteiger partial charge >= 0.3 is 0 Å². The van der Waals surface area contributed by atoms with E-state index in [1.807, 2.05) is 19.1 Å². The highest BCUT2D eigenvalue weighted by Gasteiger charge is 2.42. The molecule has 148 valence electrons. The van der Waals surface area contributed by atoms with Crippen molar-refractivity contribution in [3.63, 3.8) is 0 Å². The largest absolute Gasteiger partial charge is 0.508 e. The predicted octanol–water partition coefficient (Wildman–Crippen LogP) is 3.95. The lowest BCUT2D eigenvalue weighted by Crippen LogP contribution is -2.29. The number of aryl methyl sites for hydroxylation is 1. The number of fused-ring (bicyclic) bond motifs is 2. The third kappa shape index (κ3) is 2.85. The summed E-state index contributed by atoms with van der Waals surface area (Å²) in [4.78, 5) is 32.5. The third-order valence-corrected chi connectivity index (χ3v) is 5.41. The van der Waals surface area contributed by atoms with Gasteiger partial charge in [-0.1, -0.05) is 29.8 Å². The van der Waals surface area contributed by atoms with E-state index in [-0.39, 0.29) is 29.4 Å². The summed E-state index contributed by atoms with van der Waals surface area (Å²) < 4.78 is 5.94. The van der Waals surface area contributed by atoms with Crippen molar-refractivity contribution in [1.82, 2.24) is 9.88 Å². The molecule has 0 aliphatic carbocycles. The quantitative estimate of drug-likeness (QED) is 0.565. The number of phenols is 1. The third-order valence-electron chi connectivity index (χ3n) is 5.41. The smallest absolute Gasteiger partial charge is 0.291 e. The van der Waals surface area contributed by atoms with Crippen LogP contribution in [-0.2, 0) is 6.54 Å². The minimum atomic E-state index is -0.616. The molecule has 1 amide bonds. The number of benzene rings is 2. The molecule has 0 saturated carbocycles. The van der Waals surface area contributed by atoms with Crippen LogP contribution in [0, 0.1) is 6.92 Å². The Balaban J connectivity index is 1.74. The summed E-state index contributed by atoms with van der Waals surface area (Å²) in [5.74, 6) is -0.159. The van der Waals surface area contributed by atoms with Crippen molar-refractivity contribution in [2.75, 3.05) is 0 Å². The molecule has 1 N–H and O–H groups in total. The number of aromatic hydroxyl groups is 1. The second-order valence-electron chi connectivity index (χ2n) is 7.46. The van der Waals surface area contributed by atoms with Gasteiger partial charge in [0, 0.05) is 18.9 Å². The Morgan fingerprint density at radius 2 is 1.90 bits per heavy atom. The molecule has 1 aliphatic rings. The molecule has 1 aliphatic heterocycles. The number of rotatable bonds is 3. The molecule has 6 nitrogen and oxygen atoms in total. The van der Waals surface area contributed by atoms with E-state index in [0.717, 1.165) is 16.7 Å². The van der Waals surface area contributed by atoms with Crippen molar-refractivity contribution in [2.24, 2.45) is 0 Å². The second-order valence-corrected chi connectivity index (χ2v) is 7.46. The molecule has 6 heteroatoms. The first-order chi connectivity index (χ1) is 14.5. The number of pyridine rings is 1. The highest BCUT2D eigenvalue weighted by Crippen LogP contribution is 2.39. The van der Waals surface area contributed by atoms with Crippen LogP contribution in [0.3, 0.4) is 0 Å². The average Bonchev–Trinajstić information content (AvgIpc) is 3.02. The second kappa shape index (κ2) is 6.84. The number of aromatic nitrogens is 1. The van der Waals surface area contributed by atoms with E-state index in [2.05, 4.69) is 4.98 Å². The van der Waals surface area contributed by atoms with Gasteiger partial charge in [-0.3, -0.25) is 14.6 Å². The van der Waals surface area contributed by atoms with Gasteiger partial charge in [0.15, 0.2) is 5.43 Å². The fourth-order valence-corrected chi connectivity index (χ4v) is 3.99. The Labute approximate surface area is 172 Å². The van der Waals surface area contributed by atoms with Gasteiger partial charge in [0.2, 0.25) is 5.76 Å². The van der Waals surface area contributed by atoms with Crippen LogP contribution < -0.4 is 5.43 Å². The van der Waals surface area contributed by atoms with Crippen LogP contribution >= 0.6 is 0 Å². The van der Waals surface area contributed by atoms with Crippen LogP contribution in [0.4, 0.5) is 0 Å². The van der Waals surface area contributed by atoms with Crippen LogP contribution in [0.15, 0.2) is 76.2 Å². The first-order valence-corrected chi connectivity index (χ1v) is 9.59. The maximum atomic E-state index is 13.5. The van der Waals surface area contributed by atoms with Crippen molar-refractivity contribution in [3.05, 3.63) is 105 Å². The summed E-state index contributed by atoms with van der Waals surface area (Å²) in [6.07, 6.45) is 3.36. The zero-order valence-corrected chi connectivity index (χ0v) is 16.2. The summed E-state index contributed by atoms with van der Waals surface area (Å²) in [7, 11) is 0. The molecule has 2 aromatic heterocycles. The molecule has 4 aromatic rings. The van der Waals surface area contributed by atoms with Crippen molar-refractivity contribution >= 4 is 16.9 Å². The number of carbonyl (C=O) groups is 1. The number of hydrogen-bond acceptors (Lipinski definition) is 5. The Morgan fingerprint density at radius 3 is 2.63 bits per heavy atom. The van der Waals surface area contributed by atoms with Crippen LogP contribution in [0.5, 0.6) is 5.75 Å². The summed E-state index contributed by atoms with van der Waals surface area (Å²) in [6.45, 7) is 2.18. The van der Waals surface area contributed by atoms with Gasteiger partial charge in [-0.25, -0.2) is 0 Å². The molecule has 2 aromatic carbocycles. The zero-order chi connectivity index (χ0) is 20.8. The number of amides is 1. The molecule has 1 atom stereocenters. The fourth-order valence-electron chi connectivity index (χ4n) is 3.99. The average molecular weight is 398 g/mol. The minimum Gasteiger partial charge on any atom is -0.508 e. The highest BCUT2D eigenvalue weighted by molar-refractivity contribution is 5.99. The van der Waals surface area contributed by atoms with Gasteiger partial charge in [-0.05, 0) is 48.4 Å². The van der Waals surface area contributed by atoms with Crippen LogP contribution in [0.1, 0.15) is 38.9 Å². The van der Waals surface area contributed by atoms with Gasteiger partial charge < -0.3 is 14.4 Å². The molecule has 0 bridgehead atoms. The number of phenolic OH excluding ortho intramolecular Hbond substituents is 1. The number of carbonyl (C=O) groups excluding carboxylic acids is 1. The van der Waals surface area contributed by atoms with Gasteiger partial charge in [0.05, 0.1) is 17.0 Å². The first kappa shape index (κ1) is 18.1. The van der Waals surface area contributed by atoms with E-state index >= 15 is 0 Å². The molecule has 0 spiro atoms. The minimum absolute atomic E-state index is 0.0679. The van der Waals surface area contributed by atoms with Crippen LogP contribution in [0.25, 0.3) is 11.0 Å². The highest BCUT2D eigenvalue weighted by atomic mass is 16.3. The molecule has 5 rings (SSSR count). The molecule has 30 heavy (non-hydrogen) atoms. The molecular weight excluding hydrogens is 380 g/mol. The normalized spacial score (nSPS) is 15.6. The maximum Gasteiger partial charge on any atom is 0.291 e. The topological polar surface area (TPSA) is 83.6 Å². The van der Waals surface area contributed by atoms with Crippen LogP contribution in [0.2, 0.25) is 0 Å². The van der Waals surface area contributed by atoms with Gasteiger partial charge in [0.1, 0.15) is 11.3 Å². The Hall–Kier alpha value is -3.93. The van der Waals surface area contributed by atoms with E-state index < -0.39 is 6.04 Å². The lowest BCUT2D eigenvalue weighted by atomic mass is 9.98. The summed E-state index contributed by atoms with van der Waals surface area (Å²) in [5.41, 5.74) is 3.01.